The molecule has 1 aromatic heterocycles. The number of aryl methyl sites for hydroxylation is 1. The summed E-state index contributed by atoms with van der Waals surface area (Å²) in [5, 5.41) is 4.80. The van der Waals surface area contributed by atoms with Crippen LogP contribution >= 0.6 is 0 Å². The van der Waals surface area contributed by atoms with Gasteiger partial charge in [-0.25, -0.2) is 0 Å². The lowest BCUT2D eigenvalue weighted by Crippen LogP contribution is -2.36. The number of nitrogens with one attached hydrogen (secondary N) is 1. The topological polar surface area (TPSA) is 24.9 Å². The fourth-order valence-corrected chi connectivity index (χ4v) is 2.48. The number of aromatic nitrogens is 1. The van der Waals surface area contributed by atoms with Crippen LogP contribution in [-0.4, -0.2) is 17.6 Å². The molecule has 0 radical (unpaired) electrons. The highest BCUT2D eigenvalue weighted by Gasteiger charge is 2.15. The van der Waals surface area contributed by atoms with E-state index in [0.717, 1.165) is 18.5 Å². The summed E-state index contributed by atoms with van der Waals surface area (Å²) in [4.78, 5) is 4.84. The van der Waals surface area contributed by atoms with Gasteiger partial charge in [0.2, 0.25) is 0 Å². The van der Waals surface area contributed by atoms with Crippen LogP contribution in [0.15, 0.2) is 30.3 Å². The van der Waals surface area contributed by atoms with Gasteiger partial charge in [0.05, 0.1) is 5.52 Å². The number of hydrogen-bond donors (Lipinski definition) is 1. The lowest BCUT2D eigenvalue weighted by molar-refractivity contribution is 0.402. The van der Waals surface area contributed by atoms with Gasteiger partial charge in [-0.1, -0.05) is 39.0 Å². The Morgan fingerprint density at radius 3 is 2.63 bits per heavy atom. The minimum absolute atomic E-state index is 0.498. The number of nitrogens with zero attached hydrogens (tertiary/aromatic N) is 1. The maximum absolute atomic E-state index is 4.84. The summed E-state index contributed by atoms with van der Waals surface area (Å²) in [5.41, 5.74) is 3.61. The average Bonchev–Trinajstić information content (AvgIpc) is 2.38. The molecule has 2 aromatic rings. The van der Waals surface area contributed by atoms with Crippen LogP contribution in [0.2, 0.25) is 0 Å². The van der Waals surface area contributed by atoms with E-state index in [1.165, 1.54) is 16.6 Å². The molecule has 0 aliphatic carbocycles. The van der Waals surface area contributed by atoms with Gasteiger partial charge in [-0.15, -0.1) is 0 Å². The molecule has 0 amide bonds. The van der Waals surface area contributed by atoms with Crippen LogP contribution < -0.4 is 5.32 Å². The Kier molecular flexibility index (Phi) is 4.54. The standard InChI is InChI=1S/C17H24N2/c1-5-18-16(12(2)3)11-17-13(4)10-14-8-6-7-9-15(14)19-17/h6-10,12,16,18H,5,11H2,1-4H3. The number of benzene rings is 1. The second-order valence-corrected chi connectivity index (χ2v) is 5.56. The molecule has 0 saturated heterocycles. The SMILES string of the molecule is CCNC(Cc1nc2ccccc2cc1C)C(C)C. The van der Waals surface area contributed by atoms with E-state index in [1.807, 2.05) is 0 Å². The molecular weight excluding hydrogens is 232 g/mol. The Morgan fingerprint density at radius 1 is 1.21 bits per heavy atom. The largest absolute Gasteiger partial charge is 0.314 e. The first-order chi connectivity index (χ1) is 9.11. The average molecular weight is 256 g/mol. The summed E-state index contributed by atoms with van der Waals surface area (Å²) in [7, 11) is 0. The van der Waals surface area contributed by atoms with Crippen LogP contribution in [0.3, 0.4) is 0 Å². The Labute approximate surface area is 116 Å². The Morgan fingerprint density at radius 2 is 1.95 bits per heavy atom. The Hall–Kier alpha value is -1.41. The van der Waals surface area contributed by atoms with E-state index in [-0.39, 0.29) is 0 Å². The molecule has 0 saturated carbocycles. The molecule has 1 unspecified atom stereocenters. The summed E-state index contributed by atoms with van der Waals surface area (Å²) in [6.07, 6.45) is 1.00. The van der Waals surface area contributed by atoms with Gasteiger partial charge in [-0.2, -0.15) is 0 Å². The second-order valence-electron chi connectivity index (χ2n) is 5.56. The van der Waals surface area contributed by atoms with Crippen molar-refractivity contribution < 1.29 is 0 Å². The maximum atomic E-state index is 4.84. The third-order valence-corrected chi connectivity index (χ3v) is 3.70. The molecule has 0 aliphatic heterocycles. The van der Waals surface area contributed by atoms with Crippen molar-refractivity contribution in [3.63, 3.8) is 0 Å². The molecule has 102 valence electrons. The van der Waals surface area contributed by atoms with Crippen molar-refractivity contribution in [1.29, 1.82) is 0 Å². The van der Waals surface area contributed by atoms with Crippen LogP contribution in [0, 0.1) is 12.8 Å². The first-order valence-corrected chi connectivity index (χ1v) is 7.20. The number of para-hydroxylation sites is 1. The maximum Gasteiger partial charge on any atom is 0.0705 e. The van der Waals surface area contributed by atoms with Gasteiger partial charge in [0.1, 0.15) is 0 Å². The van der Waals surface area contributed by atoms with Gasteiger partial charge in [-0.3, -0.25) is 4.98 Å². The molecule has 2 nitrogen and oxygen atoms in total. The van der Waals surface area contributed by atoms with E-state index in [2.05, 4.69) is 63.3 Å². The summed E-state index contributed by atoms with van der Waals surface area (Å²) < 4.78 is 0. The van der Waals surface area contributed by atoms with E-state index in [0.29, 0.717) is 12.0 Å². The zero-order valence-corrected chi connectivity index (χ0v) is 12.4. The van der Waals surface area contributed by atoms with Gasteiger partial charge in [-0.05, 0) is 37.1 Å². The van der Waals surface area contributed by atoms with Crippen molar-refractivity contribution >= 4 is 10.9 Å². The molecule has 0 aliphatic rings. The molecule has 1 heterocycles. The van der Waals surface area contributed by atoms with E-state index < -0.39 is 0 Å². The summed E-state index contributed by atoms with van der Waals surface area (Å²) in [6.45, 7) is 9.87. The fraction of sp³-hybridized carbons (Fsp3) is 0.471. The quantitative estimate of drug-likeness (QED) is 0.882. The van der Waals surface area contributed by atoms with Crippen molar-refractivity contribution in [2.45, 2.75) is 40.2 Å². The first-order valence-electron chi connectivity index (χ1n) is 7.20. The molecule has 19 heavy (non-hydrogen) atoms. The van der Waals surface area contributed by atoms with Crippen molar-refractivity contribution in [3.8, 4) is 0 Å². The Bertz CT molecular complexity index is 546. The van der Waals surface area contributed by atoms with Gasteiger partial charge in [0.25, 0.3) is 0 Å². The first kappa shape index (κ1) is 14.0. The van der Waals surface area contributed by atoms with Gasteiger partial charge in [0.15, 0.2) is 0 Å². The fourth-order valence-electron chi connectivity index (χ4n) is 2.48. The van der Waals surface area contributed by atoms with Crippen LogP contribution in [-0.2, 0) is 6.42 Å². The Balaban J connectivity index is 2.31. The van der Waals surface area contributed by atoms with E-state index in [1.54, 1.807) is 0 Å². The minimum Gasteiger partial charge on any atom is -0.314 e. The highest BCUT2D eigenvalue weighted by atomic mass is 14.9. The zero-order valence-electron chi connectivity index (χ0n) is 12.4. The van der Waals surface area contributed by atoms with Crippen LogP contribution in [0.4, 0.5) is 0 Å². The van der Waals surface area contributed by atoms with Crippen molar-refractivity contribution in [2.24, 2.45) is 5.92 Å². The molecular formula is C17H24N2. The van der Waals surface area contributed by atoms with Gasteiger partial charge in [0, 0.05) is 23.5 Å². The molecule has 2 heteroatoms. The molecule has 0 fully saturated rings. The zero-order chi connectivity index (χ0) is 13.8. The van der Waals surface area contributed by atoms with E-state index in [4.69, 9.17) is 4.98 Å². The minimum atomic E-state index is 0.498. The molecule has 0 bridgehead atoms. The second kappa shape index (κ2) is 6.16. The molecule has 2 rings (SSSR count). The summed E-state index contributed by atoms with van der Waals surface area (Å²) in [6, 6.07) is 11.1. The third-order valence-electron chi connectivity index (χ3n) is 3.70. The van der Waals surface area contributed by atoms with Crippen molar-refractivity contribution in [1.82, 2.24) is 10.3 Å². The van der Waals surface area contributed by atoms with E-state index in [9.17, 15) is 0 Å². The normalized spacial score (nSPS) is 13.1. The number of hydrogen-bond acceptors (Lipinski definition) is 2. The number of fused-ring (bicyclic) bond motifs is 1. The molecule has 0 spiro atoms. The van der Waals surface area contributed by atoms with Crippen LogP contribution in [0.5, 0.6) is 0 Å². The predicted molar refractivity (Wildman–Crippen MR) is 82.5 cm³/mol. The van der Waals surface area contributed by atoms with Crippen LogP contribution in [0.1, 0.15) is 32.0 Å². The van der Waals surface area contributed by atoms with Crippen molar-refractivity contribution in [3.05, 3.63) is 41.6 Å². The third kappa shape index (κ3) is 3.32. The van der Waals surface area contributed by atoms with Gasteiger partial charge < -0.3 is 5.32 Å². The molecule has 1 N–H and O–H groups in total. The highest BCUT2D eigenvalue weighted by Crippen LogP contribution is 2.18. The van der Waals surface area contributed by atoms with Crippen molar-refractivity contribution in [2.75, 3.05) is 6.54 Å². The summed E-state index contributed by atoms with van der Waals surface area (Å²) >= 11 is 0. The number of pyridine rings is 1. The number of rotatable bonds is 5. The van der Waals surface area contributed by atoms with Crippen LogP contribution in [0.25, 0.3) is 10.9 Å². The summed E-state index contributed by atoms with van der Waals surface area (Å²) in [5.74, 6) is 0.618. The monoisotopic (exact) mass is 256 g/mol. The molecule has 1 aromatic carbocycles. The lowest BCUT2D eigenvalue weighted by atomic mass is 9.96. The van der Waals surface area contributed by atoms with Gasteiger partial charge >= 0.3 is 0 Å². The lowest BCUT2D eigenvalue weighted by Gasteiger charge is -2.22. The highest BCUT2D eigenvalue weighted by molar-refractivity contribution is 5.79. The smallest absolute Gasteiger partial charge is 0.0705 e. The molecule has 1 atom stereocenters. The number of likely N-dealkylation sites (N-methyl/N-ethyl adjacent to an activating group) is 1. The van der Waals surface area contributed by atoms with E-state index >= 15 is 0 Å². The predicted octanol–water partition coefficient (Wildman–Crippen LogP) is 3.72.